The van der Waals surface area contributed by atoms with Gasteiger partial charge in [-0.05, 0) is 89.4 Å². The SMILES string of the molecule is CC(=O)CC1CCC(Nc2nc(Nc3ccnc(C)c3)ncc2C2CCNCC2)CC1. The molecule has 1 saturated heterocycles. The first-order valence-corrected chi connectivity index (χ1v) is 11.6. The lowest BCUT2D eigenvalue weighted by Gasteiger charge is -2.31. The molecule has 7 nitrogen and oxygen atoms in total. The average molecular weight is 423 g/mol. The molecule has 0 atom stereocenters. The molecule has 1 saturated carbocycles. The molecule has 4 rings (SSSR count). The zero-order valence-electron chi connectivity index (χ0n) is 18.7. The van der Waals surface area contributed by atoms with Crippen LogP contribution in [0.5, 0.6) is 0 Å². The van der Waals surface area contributed by atoms with Gasteiger partial charge in [-0.1, -0.05) is 0 Å². The second-order valence-corrected chi connectivity index (χ2v) is 9.10. The minimum absolute atomic E-state index is 0.308. The van der Waals surface area contributed by atoms with Gasteiger partial charge in [0.05, 0.1) is 0 Å². The number of anilines is 3. The molecule has 0 spiro atoms. The Bertz CT molecular complexity index is 887. The van der Waals surface area contributed by atoms with E-state index in [0.717, 1.165) is 75.2 Å². The van der Waals surface area contributed by atoms with Gasteiger partial charge in [-0.25, -0.2) is 4.98 Å². The standard InChI is InChI=1S/C24H34N6O/c1-16-13-21(9-12-26-16)29-24-27-15-22(19-7-10-25-11-8-19)23(30-24)28-20-5-3-18(4-6-20)14-17(2)31/h9,12-13,15,18-20,25H,3-8,10-11,14H2,1-2H3,(H2,26,27,28,29,30). The molecular formula is C24H34N6O. The molecule has 31 heavy (non-hydrogen) atoms. The number of pyridine rings is 1. The number of carbonyl (C=O) groups is 1. The fourth-order valence-electron chi connectivity index (χ4n) is 4.86. The van der Waals surface area contributed by atoms with Crippen molar-refractivity contribution in [1.29, 1.82) is 0 Å². The summed E-state index contributed by atoms with van der Waals surface area (Å²) in [6.45, 7) is 5.75. The number of piperidine rings is 1. The van der Waals surface area contributed by atoms with Crippen LogP contribution in [0.3, 0.4) is 0 Å². The van der Waals surface area contributed by atoms with Gasteiger partial charge in [0.2, 0.25) is 5.95 Å². The van der Waals surface area contributed by atoms with E-state index in [4.69, 9.17) is 4.98 Å². The average Bonchev–Trinajstić information content (AvgIpc) is 2.76. The van der Waals surface area contributed by atoms with E-state index in [1.165, 1.54) is 5.56 Å². The van der Waals surface area contributed by atoms with Crippen LogP contribution in [0, 0.1) is 12.8 Å². The number of aromatic nitrogens is 3. The molecule has 0 unspecified atom stereocenters. The number of aryl methyl sites for hydroxylation is 1. The van der Waals surface area contributed by atoms with E-state index in [9.17, 15) is 4.79 Å². The van der Waals surface area contributed by atoms with Crippen molar-refractivity contribution in [2.24, 2.45) is 5.92 Å². The smallest absolute Gasteiger partial charge is 0.229 e. The molecule has 0 aromatic carbocycles. The molecule has 0 bridgehead atoms. The van der Waals surface area contributed by atoms with E-state index in [-0.39, 0.29) is 0 Å². The summed E-state index contributed by atoms with van der Waals surface area (Å²) >= 11 is 0. The van der Waals surface area contributed by atoms with Gasteiger partial charge in [0.1, 0.15) is 11.6 Å². The van der Waals surface area contributed by atoms with Gasteiger partial charge in [0, 0.05) is 41.8 Å². The second kappa shape index (κ2) is 10.2. The van der Waals surface area contributed by atoms with Gasteiger partial charge in [0.25, 0.3) is 0 Å². The number of nitrogens with one attached hydrogen (secondary N) is 3. The Kier molecular flexibility index (Phi) is 7.12. The Hall–Kier alpha value is -2.54. The van der Waals surface area contributed by atoms with Crippen LogP contribution in [0.2, 0.25) is 0 Å². The summed E-state index contributed by atoms with van der Waals surface area (Å²) in [5.41, 5.74) is 3.12. The fourth-order valence-corrected chi connectivity index (χ4v) is 4.86. The Balaban J connectivity index is 1.50. The Morgan fingerprint density at radius 1 is 1.13 bits per heavy atom. The summed E-state index contributed by atoms with van der Waals surface area (Å²) in [5, 5.41) is 10.5. The van der Waals surface area contributed by atoms with Crippen molar-refractivity contribution in [3.05, 3.63) is 35.8 Å². The largest absolute Gasteiger partial charge is 0.367 e. The fraction of sp³-hybridized carbons (Fsp3) is 0.583. The molecule has 166 valence electrons. The quantitative estimate of drug-likeness (QED) is 0.611. The highest BCUT2D eigenvalue weighted by Crippen LogP contribution is 2.34. The number of ketones is 1. The van der Waals surface area contributed by atoms with Crippen LogP contribution in [0.25, 0.3) is 0 Å². The topological polar surface area (TPSA) is 91.8 Å². The second-order valence-electron chi connectivity index (χ2n) is 9.10. The van der Waals surface area contributed by atoms with Crippen molar-refractivity contribution >= 4 is 23.2 Å². The summed E-state index contributed by atoms with van der Waals surface area (Å²) in [5.74, 6) is 2.90. The molecule has 3 heterocycles. The van der Waals surface area contributed by atoms with Crippen molar-refractivity contribution < 1.29 is 4.79 Å². The van der Waals surface area contributed by atoms with Crippen LogP contribution in [0.1, 0.15) is 69.0 Å². The third-order valence-corrected chi connectivity index (χ3v) is 6.51. The van der Waals surface area contributed by atoms with Crippen molar-refractivity contribution in [2.45, 2.75) is 70.8 Å². The van der Waals surface area contributed by atoms with Crippen LogP contribution < -0.4 is 16.0 Å². The van der Waals surface area contributed by atoms with Crippen molar-refractivity contribution in [3.8, 4) is 0 Å². The maximum Gasteiger partial charge on any atom is 0.229 e. The van der Waals surface area contributed by atoms with Crippen LogP contribution in [0.15, 0.2) is 24.5 Å². The van der Waals surface area contributed by atoms with Crippen LogP contribution in [0.4, 0.5) is 17.5 Å². The molecule has 2 fully saturated rings. The van der Waals surface area contributed by atoms with Crippen LogP contribution in [-0.4, -0.2) is 39.9 Å². The van der Waals surface area contributed by atoms with Crippen molar-refractivity contribution in [3.63, 3.8) is 0 Å². The highest BCUT2D eigenvalue weighted by atomic mass is 16.1. The zero-order chi connectivity index (χ0) is 21.6. The summed E-state index contributed by atoms with van der Waals surface area (Å²) in [6.07, 6.45) is 11.1. The number of rotatable bonds is 7. The highest BCUT2D eigenvalue weighted by molar-refractivity contribution is 5.75. The minimum atomic E-state index is 0.308. The van der Waals surface area contributed by atoms with Crippen LogP contribution >= 0.6 is 0 Å². The van der Waals surface area contributed by atoms with Crippen LogP contribution in [-0.2, 0) is 4.79 Å². The van der Waals surface area contributed by atoms with Crippen molar-refractivity contribution in [2.75, 3.05) is 23.7 Å². The molecule has 0 radical (unpaired) electrons. The Morgan fingerprint density at radius 3 is 2.61 bits per heavy atom. The molecule has 2 aromatic rings. The van der Waals surface area contributed by atoms with Crippen molar-refractivity contribution in [1.82, 2.24) is 20.3 Å². The third kappa shape index (κ3) is 6.00. The van der Waals surface area contributed by atoms with E-state index in [1.807, 2.05) is 25.3 Å². The summed E-state index contributed by atoms with van der Waals surface area (Å²) < 4.78 is 0. The molecule has 2 aliphatic rings. The van der Waals surface area contributed by atoms with E-state index < -0.39 is 0 Å². The number of hydrogen-bond donors (Lipinski definition) is 3. The molecule has 1 aliphatic carbocycles. The monoisotopic (exact) mass is 422 g/mol. The lowest BCUT2D eigenvalue weighted by Crippen LogP contribution is -2.30. The summed E-state index contributed by atoms with van der Waals surface area (Å²) in [4.78, 5) is 25.3. The molecular weight excluding hydrogens is 388 g/mol. The van der Waals surface area contributed by atoms with Gasteiger partial charge in [-0.2, -0.15) is 4.98 Å². The van der Waals surface area contributed by atoms with E-state index in [0.29, 0.717) is 29.6 Å². The van der Waals surface area contributed by atoms with Gasteiger partial charge >= 0.3 is 0 Å². The van der Waals surface area contributed by atoms with E-state index >= 15 is 0 Å². The Morgan fingerprint density at radius 2 is 1.90 bits per heavy atom. The van der Waals surface area contributed by atoms with E-state index in [1.54, 1.807) is 13.1 Å². The first-order valence-electron chi connectivity index (χ1n) is 11.6. The number of nitrogens with zero attached hydrogens (tertiary/aromatic N) is 3. The number of carbonyl (C=O) groups excluding carboxylic acids is 1. The lowest BCUT2D eigenvalue weighted by molar-refractivity contribution is -0.118. The molecule has 0 amide bonds. The molecule has 1 aliphatic heterocycles. The van der Waals surface area contributed by atoms with Gasteiger partial charge in [-0.3, -0.25) is 4.98 Å². The number of hydrogen-bond acceptors (Lipinski definition) is 7. The maximum absolute atomic E-state index is 11.5. The number of Topliss-reactive ketones (excluding diaryl/α,β-unsaturated/α-hetero) is 1. The summed E-state index contributed by atoms with van der Waals surface area (Å²) in [6, 6.07) is 4.32. The minimum Gasteiger partial charge on any atom is -0.367 e. The Labute approximate surface area is 184 Å². The summed E-state index contributed by atoms with van der Waals surface area (Å²) in [7, 11) is 0. The first kappa shape index (κ1) is 21.7. The molecule has 7 heteroatoms. The van der Waals surface area contributed by atoms with Gasteiger partial charge < -0.3 is 20.7 Å². The maximum atomic E-state index is 11.5. The third-order valence-electron chi connectivity index (χ3n) is 6.51. The molecule has 3 N–H and O–H groups in total. The first-order chi connectivity index (χ1) is 15.1. The predicted octanol–water partition coefficient (Wildman–Crippen LogP) is 4.34. The predicted molar refractivity (Wildman–Crippen MR) is 124 cm³/mol. The normalized spacial score (nSPS) is 22.1. The lowest BCUT2D eigenvalue weighted by atomic mass is 9.83. The highest BCUT2D eigenvalue weighted by Gasteiger charge is 2.25. The van der Waals surface area contributed by atoms with Gasteiger partial charge in [-0.15, -0.1) is 0 Å². The zero-order valence-corrected chi connectivity index (χ0v) is 18.7. The molecule has 2 aromatic heterocycles. The van der Waals surface area contributed by atoms with Gasteiger partial charge in [0.15, 0.2) is 0 Å². The van der Waals surface area contributed by atoms with E-state index in [2.05, 4.69) is 25.9 Å².